The normalized spacial score (nSPS) is 42.6. The second-order valence-corrected chi connectivity index (χ2v) is 7.36. The average molecular weight is 272 g/mol. The Labute approximate surface area is 116 Å². The van der Waals surface area contributed by atoms with Crippen molar-refractivity contribution in [2.24, 2.45) is 11.3 Å². The standard InChI is InChI=1S/C15H28O4/c1-14(2)7-5-6-8-15(3,4)19-13-12(17)11(16)10(14)9-18-13/h10-13,16-17H,5-9H2,1-4H3. The van der Waals surface area contributed by atoms with Gasteiger partial charge < -0.3 is 19.7 Å². The minimum absolute atomic E-state index is 0.0279. The second kappa shape index (κ2) is 5.32. The van der Waals surface area contributed by atoms with E-state index in [1.807, 2.05) is 13.8 Å². The van der Waals surface area contributed by atoms with Crippen molar-refractivity contribution in [2.75, 3.05) is 6.61 Å². The van der Waals surface area contributed by atoms with Crippen molar-refractivity contribution >= 4 is 0 Å². The Morgan fingerprint density at radius 1 is 0.947 bits per heavy atom. The van der Waals surface area contributed by atoms with Crippen LogP contribution < -0.4 is 0 Å². The highest BCUT2D eigenvalue weighted by Crippen LogP contribution is 2.41. The molecule has 3 heterocycles. The lowest BCUT2D eigenvalue weighted by Gasteiger charge is -2.45. The third kappa shape index (κ3) is 3.30. The van der Waals surface area contributed by atoms with Gasteiger partial charge in [-0.15, -0.1) is 0 Å². The van der Waals surface area contributed by atoms with Crippen molar-refractivity contribution in [1.82, 2.24) is 0 Å². The summed E-state index contributed by atoms with van der Waals surface area (Å²) in [6.45, 7) is 8.80. The number of hydrogen-bond donors (Lipinski definition) is 2. The molecule has 4 atom stereocenters. The first-order valence-corrected chi connectivity index (χ1v) is 7.38. The number of aliphatic hydroxyl groups excluding tert-OH is 2. The molecule has 0 aromatic heterocycles. The fraction of sp³-hybridized carbons (Fsp3) is 1.00. The van der Waals surface area contributed by atoms with Crippen LogP contribution in [0.15, 0.2) is 0 Å². The molecule has 0 spiro atoms. The molecule has 3 fully saturated rings. The highest BCUT2D eigenvalue weighted by atomic mass is 16.7. The number of hydrogen-bond acceptors (Lipinski definition) is 4. The predicted molar refractivity (Wildman–Crippen MR) is 72.7 cm³/mol. The maximum absolute atomic E-state index is 10.4. The second-order valence-electron chi connectivity index (χ2n) is 7.36. The van der Waals surface area contributed by atoms with E-state index in [0.717, 1.165) is 25.7 Å². The Bertz CT molecular complexity index is 311. The molecule has 3 aliphatic heterocycles. The molecule has 3 aliphatic rings. The van der Waals surface area contributed by atoms with E-state index in [-0.39, 0.29) is 16.9 Å². The topological polar surface area (TPSA) is 58.9 Å². The molecule has 0 saturated carbocycles. The molecule has 19 heavy (non-hydrogen) atoms. The van der Waals surface area contributed by atoms with Crippen LogP contribution in [-0.4, -0.2) is 40.9 Å². The quantitative estimate of drug-likeness (QED) is 0.709. The summed E-state index contributed by atoms with van der Waals surface area (Å²) in [6, 6.07) is 0. The Morgan fingerprint density at radius 3 is 2.26 bits per heavy atom. The molecule has 2 N–H and O–H groups in total. The molecule has 0 aliphatic carbocycles. The molecule has 0 aromatic rings. The summed E-state index contributed by atoms with van der Waals surface area (Å²) >= 11 is 0. The van der Waals surface area contributed by atoms with Crippen LogP contribution in [0.5, 0.6) is 0 Å². The van der Waals surface area contributed by atoms with E-state index >= 15 is 0 Å². The summed E-state index contributed by atoms with van der Waals surface area (Å²) in [5.41, 5.74) is -0.355. The molecule has 4 nitrogen and oxygen atoms in total. The van der Waals surface area contributed by atoms with Crippen LogP contribution in [0.4, 0.5) is 0 Å². The van der Waals surface area contributed by atoms with Crippen molar-refractivity contribution in [3.63, 3.8) is 0 Å². The van der Waals surface area contributed by atoms with Gasteiger partial charge in [-0.05, 0) is 32.1 Å². The maximum Gasteiger partial charge on any atom is 0.186 e. The van der Waals surface area contributed by atoms with Crippen molar-refractivity contribution in [1.29, 1.82) is 0 Å². The first kappa shape index (κ1) is 15.2. The first-order chi connectivity index (χ1) is 8.73. The van der Waals surface area contributed by atoms with Gasteiger partial charge in [-0.2, -0.15) is 0 Å². The molecular formula is C15H28O4. The van der Waals surface area contributed by atoms with Crippen LogP contribution in [0.3, 0.4) is 0 Å². The summed E-state index contributed by atoms with van der Waals surface area (Å²) in [5.74, 6) is -0.0384. The molecule has 0 radical (unpaired) electrons. The van der Waals surface area contributed by atoms with Gasteiger partial charge in [-0.3, -0.25) is 0 Å². The number of ether oxygens (including phenoxy) is 2. The van der Waals surface area contributed by atoms with Gasteiger partial charge in [0, 0.05) is 5.92 Å². The molecule has 3 rings (SSSR count). The van der Waals surface area contributed by atoms with E-state index in [9.17, 15) is 10.2 Å². The molecule has 2 bridgehead atoms. The Morgan fingerprint density at radius 2 is 1.58 bits per heavy atom. The van der Waals surface area contributed by atoms with Crippen LogP contribution in [0.1, 0.15) is 53.4 Å². The van der Waals surface area contributed by atoms with E-state index < -0.39 is 18.5 Å². The summed E-state index contributed by atoms with van der Waals surface area (Å²) in [5, 5.41) is 20.6. The number of aliphatic hydroxyl groups is 2. The van der Waals surface area contributed by atoms with E-state index in [0.29, 0.717) is 6.61 Å². The third-order valence-corrected chi connectivity index (χ3v) is 4.77. The highest BCUT2D eigenvalue weighted by Gasteiger charge is 2.47. The fourth-order valence-electron chi connectivity index (χ4n) is 3.28. The lowest BCUT2D eigenvalue weighted by Crippen LogP contribution is -2.56. The average Bonchev–Trinajstić information content (AvgIpc) is 2.32. The Hall–Kier alpha value is -0.160. The van der Waals surface area contributed by atoms with Crippen LogP contribution in [0.25, 0.3) is 0 Å². The van der Waals surface area contributed by atoms with Crippen LogP contribution in [0.2, 0.25) is 0 Å². The first-order valence-electron chi connectivity index (χ1n) is 7.38. The van der Waals surface area contributed by atoms with Gasteiger partial charge >= 0.3 is 0 Å². The van der Waals surface area contributed by atoms with Gasteiger partial charge in [0.05, 0.1) is 18.3 Å². The van der Waals surface area contributed by atoms with Gasteiger partial charge in [0.25, 0.3) is 0 Å². The van der Waals surface area contributed by atoms with Crippen molar-refractivity contribution in [3.8, 4) is 0 Å². The minimum atomic E-state index is -0.963. The summed E-state index contributed by atoms with van der Waals surface area (Å²) in [7, 11) is 0. The summed E-state index contributed by atoms with van der Waals surface area (Å²) in [6.07, 6.45) is 1.74. The maximum atomic E-state index is 10.4. The molecular weight excluding hydrogens is 244 g/mol. The van der Waals surface area contributed by atoms with Crippen molar-refractivity contribution < 1.29 is 19.7 Å². The highest BCUT2D eigenvalue weighted by molar-refractivity contribution is 4.92. The summed E-state index contributed by atoms with van der Waals surface area (Å²) < 4.78 is 11.6. The van der Waals surface area contributed by atoms with Gasteiger partial charge in [-0.25, -0.2) is 0 Å². The van der Waals surface area contributed by atoms with Gasteiger partial charge in [0.15, 0.2) is 6.29 Å². The van der Waals surface area contributed by atoms with Crippen molar-refractivity contribution in [2.45, 2.75) is 77.5 Å². The van der Waals surface area contributed by atoms with E-state index in [4.69, 9.17) is 9.47 Å². The van der Waals surface area contributed by atoms with Gasteiger partial charge in [-0.1, -0.05) is 26.7 Å². The smallest absolute Gasteiger partial charge is 0.186 e. The predicted octanol–water partition coefficient (Wildman–Crippen LogP) is 2.08. The largest absolute Gasteiger partial charge is 0.390 e. The van der Waals surface area contributed by atoms with E-state index in [1.165, 1.54) is 0 Å². The lowest BCUT2D eigenvalue weighted by atomic mass is 9.71. The SMILES string of the molecule is CC1(C)CCCCC(C)(C)C2COC(O1)C(O)C2O. The molecule has 0 aromatic carbocycles. The Balaban J connectivity index is 2.23. The zero-order valence-corrected chi connectivity index (χ0v) is 12.6. The number of rotatable bonds is 0. The van der Waals surface area contributed by atoms with Crippen LogP contribution >= 0.6 is 0 Å². The number of fused-ring (bicyclic) bond motifs is 8. The zero-order chi connectivity index (χ0) is 14.3. The summed E-state index contributed by atoms with van der Waals surface area (Å²) in [4.78, 5) is 0. The van der Waals surface area contributed by atoms with Crippen LogP contribution in [-0.2, 0) is 9.47 Å². The Kier molecular flexibility index (Phi) is 4.26. The minimum Gasteiger partial charge on any atom is -0.390 e. The van der Waals surface area contributed by atoms with Gasteiger partial charge in [0.2, 0.25) is 0 Å². The lowest BCUT2D eigenvalue weighted by molar-refractivity contribution is -0.297. The molecule has 4 unspecified atom stereocenters. The molecule has 112 valence electrons. The van der Waals surface area contributed by atoms with E-state index in [1.54, 1.807) is 0 Å². The van der Waals surface area contributed by atoms with Crippen molar-refractivity contribution in [3.05, 3.63) is 0 Å². The van der Waals surface area contributed by atoms with Gasteiger partial charge in [0.1, 0.15) is 6.10 Å². The van der Waals surface area contributed by atoms with Crippen LogP contribution in [0, 0.1) is 11.3 Å². The molecule has 0 amide bonds. The monoisotopic (exact) mass is 272 g/mol. The fourth-order valence-corrected chi connectivity index (χ4v) is 3.28. The molecule has 3 saturated heterocycles. The third-order valence-electron chi connectivity index (χ3n) is 4.77. The van der Waals surface area contributed by atoms with E-state index in [2.05, 4.69) is 13.8 Å². The molecule has 4 heteroatoms. The zero-order valence-electron chi connectivity index (χ0n) is 12.6.